The molecule has 16 aromatic carbocycles. The highest BCUT2D eigenvalue weighted by atomic mass is 31.2. The van der Waals surface area contributed by atoms with E-state index >= 15 is 0 Å². The van der Waals surface area contributed by atoms with Crippen LogP contribution in [-0.4, -0.2) is 24.9 Å². The summed E-state index contributed by atoms with van der Waals surface area (Å²) in [6.07, 6.45) is 3.60. The third-order valence-corrected chi connectivity index (χ3v) is 28.8. The van der Waals surface area contributed by atoms with Crippen molar-refractivity contribution in [3.8, 4) is 124 Å². The van der Waals surface area contributed by atoms with Crippen LogP contribution in [0.25, 0.3) is 144 Å². The van der Waals surface area contributed by atoms with E-state index < -0.39 is 18.0 Å². The van der Waals surface area contributed by atoms with Crippen molar-refractivity contribution in [1.82, 2.24) is 24.9 Å². The van der Waals surface area contributed by atoms with Crippen molar-refractivity contribution in [2.45, 2.75) is 10.8 Å². The molecule has 4 aliphatic rings. The first-order valence-corrected chi connectivity index (χ1v) is 43.7. The highest BCUT2D eigenvalue weighted by Gasteiger charge is 2.53. The normalized spacial score (nSPS) is 13.1. The van der Waals surface area contributed by atoms with Crippen molar-refractivity contribution < 1.29 is 14.0 Å². The van der Waals surface area contributed by atoms with Gasteiger partial charge in [0, 0.05) is 83.2 Å². The molecule has 0 unspecified atom stereocenters. The summed E-state index contributed by atoms with van der Waals surface area (Å²) in [5, 5.41) is 9.32. The highest BCUT2D eigenvalue weighted by Crippen LogP contribution is 2.65. The number of hydrogen-bond acceptors (Lipinski definition) is 8. The molecule has 0 fully saturated rings. The van der Waals surface area contributed by atoms with Crippen LogP contribution in [0.3, 0.4) is 0 Å². The Labute approximate surface area is 716 Å². The number of rotatable bonds is 10. The van der Waals surface area contributed by atoms with Crippen LogP contribution in [-0.2, 0) is 15.4 Å². The number of fused-ring (bicyclic) bond motifs is 24. The van der Waals surface area contributed by atoms with Gasteiger partial charge in [0.2, 0.25) is 0 Å². The maximum absolute atomic E-state index is 15.0. The largest absolute Gasteiger partial charge is 0.457 e. The van der Waals surface area contributed by atoms with Gasteiger partial charge in [0.1, 0.15) is 23.0 Å². The molecule has 21 aromatic rings. The molecule has 0 N–H and O–H groups in total. The summed E-state index contributed by atoms with van der Waals surface area (Å²) in [4.78, 5) is 24.9. The average molecular weight is 1600 g/mol. The van der Waals surface area contributed by atoms with Crippen LogP contribution in [0.4, 0.5) is 0 Å². The minimum absolute atomic E-state index is 0.548. The molecule has 0 atom stereocenters. The van der Waals surface area contributed by atoms with E-state index in [1.807, 2.05) is 109 Å². The van der Waals surface area contributed by atoms with Gasteiger partial charge in [-0.25, -0.2) is 15.0 Å². The number of aromatic nitrogens is 5. The fourth-order valence-electron chi connectivity index (χ4n) is 20.1. The first-order chi connectivity index (χ1) is 61.3. The predicted octanol–water partition coefficient (Wildman–Crippen LogP) is 27.2. The zero-order valence-corrected chi connectivity index (χ0v) is 67.9. The van der Waals surface area contributed by atoms with Crippen LogP contribution in [0, 0.1) is 0 Å². The van der Waals surface area contributed by atoms with Gasteiger partial charge >= 0.3 is 0 Å². The molecule has 2 aliphatic carbocycles. The average Bonchev–Trinajstić information content (AvgIpc) is 1.50. The molecule has 25 rings (SSSR count). The van der Waals surface area contributed by atoms with Gasteiger partial charge in [-0.3, -0.25) is 9.97 Å². The Balaban J connectivity index is 0.000000140. The lowest BCUT2D eigenvalue weighted by atomic mass is 9.66. The zero-order chi connectivity index (χ0) is 82.0. The van der Waals surface area contributed by atoms with Crippen molar-refractivity contribution in [3.05, 3.63) is 482 Å². The Morgan fingerprint density at radius 1 is 0.210 bits per heavy atom. The minimum atomic E-state index is -3.06. The number of para-hydroxylation sites is 6. The molecule has 5 aromatic heterocycles. The fourth-order valence-corrected chi connectivity index (χ4v) is 22.8. The summed E-state index contributed by atoms with van der Waals surface area (Å²) in [6.45, 7) is 0. The molecular formula is C115H72N5O3P. The molecule has 2 aliphatic heterocycles. The van der Waals surface area contributed by atoms with Crippen molar-refractivity contribution >= 4 is 66.4 Å². The summed E-state index contributed by atoms with van der Waals surface area (Å²) < 4.78 is 28.2. The molecule has 2 spiro atoms. The van der Waals surface area contributed by atoms with Gasteiger partial charge in [0.25, 0.3) is 0 Å². The first-order valence-electron chi connectivity index (χ1n) is 42.0. The van der Waals surface area contributed by atoms with Crippen molar-refractivity contribution in [2.24, 2.45) is 0 Å². The third kappa shape index (κ3) is 11.3. The Bertz CT molecular complexity index is 7730. The molecule has 0 bridgehead atoms. The van der Waals surface area contributed by atoms with Crippen LogP contribution in [0.5, 0.6) is 23.0 Å². The molecule has 0 saturated heterocycles. The SMILES string of the molecule is O=P(c1ccccc1)(c1ccccc1)c1ccc(-c2ccc(-c3nc4ccccc4c4cc5c(cc34)-c3ccccc3C53c4ccccc4Oc4ccccc43)cc2)cc1.c1ccc(-c2cc(-c3ccc(-c4ccc(-c5nc6ccccc6c6cc7c(cc56)-c5ccccc5C75c6ccccc6Oc6ccccc65)cc4)cc3)cc(-c3ccccn3)n2)nc1. The van der Waals surface area contributed by atoms with Gasteiger partial charge in [0.05, 0.1) is 56.0 Å². The van der Waals surface area contributed by atoms with E-state index in [0.717, 1.165) is 172 Å². The monoisotopic (exact) mass is 1600 g/mol. The maximum Gasteiger partial charge on any atom is 0.171 e. The number of pyridine rings is 5. The van der Waals surface area contributed by atoms with Gasteiger partial charge < -0.3 is 14.0 Å². The Morgan fingerprint density at radius 2 is 0.524 bits per heavy atom. The molecule has 8 nitrogen and oxygen atoms in total. The third-order valence-electron chi connectivity index (χ3n) is 25.7. The number of hydrogen-bond donors (Lipinski definition) is 0. The Hall–Kier alpha value is -15.9. The number of benzene rings is 16. The van der Waals surface area contributed by atoms with Crippen molar-refractivity contribution in [3.63, 3.8) is 0 Å². The molecule has 0 saturated carbocycles. The second kappa shape index (κ2) is 29.0. The summed E-state index contributed by atoms with van der Waals surface area (Å²) in [5.74, 6) is 3.55. The van der Waals surface area contributed by atoms with E-state index in [9.17, 15) is 4.57 Å². The van der Waals surface area contributed by atoms with E-state index in [1.54, 1.807) is 12.4 Å². The van der Waals surface area contributed by atoms with Crippen LogP contribution < -0.4 is 25.4 Å². The Morgan fingerprint density at radius 3 is 0.911 bits per heavy atom. The van der Waals surface area contributed by atoms with E-state index in [2.05, 4.69) is 325 Å². The van der Waals surface area contributed by atoms with Gasteiger partial charge in [0.15, 0.2) is 7.14 Å². The van der Waals surface area contributed by atoms with Crippen LogP contribution >= 0.6 is 7.14 Å². The van der Waals surface area contributed by atoms with Crippen LogP contribution in [0.2, 0.25) is 0 Å². The topological polar surface area (TPSA) is 100.0 Å². The minimum Gasteiger partial charge on any atom is -0.457 e. The fraction of sp³-hybridized carbons (Fsp3) is 0.0174. The number of ether oxygens (including phenoxy) is 2. The van der Waals surface area contributed by atoms with Crippen molar-refractivity contribution in [1.29, 1.82) is 0 Å². The maximum atomic E-state index is 15.0. The molecule has 7 heterocycles. The smallest absolute Gasteiger partial charge is 0.171 e. The predicted molar refractivity (Wildman–Crippen MR) is 504 cm³/mol. The van der Waals surface area contributed by atoms with Gasteiger partial charge in [-0.15, -0.1) is 0 Å². The number of nitrogens with zero attached hydrogens (tertiary/aromatic N) is 5. The van der Waals surface area contributed by atoms with Gasteiger partial charge in [-0.1, -0.05) is 328 Å². The molecule has 124 heavy (non-hydrogen) atoms. The lowest BCUT2D eigenvalue weighted by molar-refractivity contribution is 0.436. The zero-order valence-electron chi connectivity index (χ0n) is 67.0. The molecule has 9 heteroatoms. The standard InChI is InChI=1S/C59H36N4O.C56H36NO2P/c1-3-15-47-42(13-1)45-35-46-44(36-50(45)59(47)48-16-4-7-21-56(48)64-57-22-8-5-17-49(57)59)43-14-2-6-18-51(43)63-58(46)40-29-27-38(28-30-40)37-23-25-39(26-24-37)41-33-54(52-19-9-11-31-60-52)62-55(34-41)53-20-10-12-32-61-53;58-60(40-15-3-1-4-16-40,41-17-5-2-6-18-41)42-33-31-38(32-34-42)37-27-29-39(30-28-37)55-47-35-46-43-19-7-9-21-48(43)56(51(46)36-45(47)44-20-8-12-24-52(44)57-55)49-22-10-13-25-53(49)59-54-26-14-11-23-50(54)56/h1-36H;1-36H. The summed E-state index contributed by atoms with van der Waals surface area (Å²) >= 11 is 0. The highest BCUT2D eigenvalue weighted by molar-refractivity contribution is 7.85. The summed E-state index contributed by atoms with van der Waals surface area (Å²) in [7, 11) is -3.06. The van der Waals surface area contributed by atoms with Gasteiger partial charge in [-0.05, 0) is 186 Å². The van der Waals surface area contributed by atoms with Crippen LogP contribution in [0.15, 0.2) is 437 Å². The van der Waals surface area contributed by atoms with E-state index in [0.29, 0.717) is 0 Å². The molecular weight excluding hydrogens is 1530 g/mol. The Kier molecular flexibility index (Phi) is 16.9. The van der Waals surface area contributed by atoms with Gasteiger partial charge in [-0.2, -0.15) is 0 Å². The van der Waals surface area contributed by atoms with E-state index in [4.69, 9.17) is 24.4 Å². The first kappa shape index (κ1) is 72.2. The molecule has 0 amide bonds. The summed E-state index contributed by atoms with van der Waals surface area (Å²) in [6, 6.07) is 149. The lowest BCUT2D eigenvalue weighted by Gasteiger charge is -2.39. The van der Waals surface area contributed by atoms with Crippen LogP contribution in [0.1, 0.15) is 44.5 Å². The summed E-state index contributed by atoms with van der Waals surface area (Å²) in [5.41, 5.74) is 29.2. The second-order valence-electron chi connectivity index (χ2n) is 32.2. The molecule has 0 radical (unpaired) electrons. The van der Waals surface area contributed by atoms with Crippen molar-refractivity contribution in [2.75, 3.05) is 0 Å². The van der Waals surface area contributed by atoms with E-state index in [1.165, 1.54) is 55.3 Å². The van der Waals surface area contributed by atoms with E-state index in [-0.39, 0.29) is 0 Å². The lowest BCUT2D eigenvalue weighted by Crippen LogP contribution is -2.32. The quantitative estimate of drug-likeness (QED) is 0.0986. The molecule has 580 valence electrons. The second-order valence-corrected chi connectivity index (χ2v) is 35.0.